The monoisotopic (exact) mass is 244 g/mol. The van der Waals surface area contributed by atoms with Crippen molar-refractivity contribution in [3.63, 3.8) is 0 Å². The molecule has 0 saturated heterocycles. The van der Waals surface area contributed by atoms with Crippen molar-refractivity contribution in [3.05, 3.63) is 12.2 Å². The zero-order chi connectivity index (χ0) is 12.3. The molecule has 2 rings (SSSR count). The highest BCUT2D eigenvalue weighted by Gasteiger charge is 2.68. The lowest BCUT2D eigenvalue weighted by Crippen LogP contribution is -2.41. The van der Waals surface area contributed by atoms with Crippen LogP contribution in [0, 0.1) is 23.7 Å². The average molecular weight is 244 g/mol. The molecular weight excluding hydrogens is 238 g/mol. The minimum atomic E-state index is -5.00. The summed E-state index contributed by atoms with van der Waals surface area (Å²) in [5.74, 6) is -9.51. The molecule has 2 aliphatic carbocycles. The van der Waals surface area contributed by atoms with Crippen molar-refractivity contribution in [1.82, 2.24) is 0 Å². The maximum Gasteiger partial charge on any atom is 0.393 e. The molecule has 0 amide bonds. The Kier molecular flexibility index (Phi) is 2.16. The molecule has 4 unspecified atom stereocenters. The third-order valence-corrected chi connectivity index (χ3v) is 3.10. The first kappa shape index (κ1) is 11.5. The Hall–Kier alpha value is -1.01. The number of fused-ring (bicyclic) bond motifs is 2. The molecule has 0 spiro atoms. The topological polar surface area (TPSA) is 17.1 Å². The normalized spacial score (nSPS) is 38.5. The lowest BCUT2D eigenvalue weighted by atomic mass is 9.82. The maximum atomic E-state index is 12.5. The van der Waals surface area contributed by atoms with Gasteiger partial charge in [-0.15, -0.1) is 0 Å². The van der Waals surface area contributed by atoms with Crippen LogP contribution in [0.1, 0.15) is 0 Å². The summed E-state index contributed by atoms with van der Waals surface area (Å²) < 4.78 is 74.9. The summed E-state index contributed by atoms with van der Waals surface area (Å²) in [5.41, 5.74) is 0. The largest absolute Gasteiger partial charge is 0.393 e. The summed E-state index contributed by atoms with van der Waals surface area (Å²) in [6.07, 6.45) is -8.12. The van der Waals surface area contributed by atoms with Crippen LogP contribution in [0.25, 0.3) is 0 Å². The number of allylic oxidation sites excluding steroid dienone is 2. The summed E-state index contributed by atoms with van der Waals surface area (Å²) in [4.78, 5) is 11.2. The van der Waals surface area contributed by atoms with E-state index in [4.69, 9.17) is 0 Å². The van der Waals surface area contributed by atoms with Gasteiger partial charge in [-0.2, -0.15) is 26.3 Å². The minimum Gasteiger partial charge on any atom is -0.298 e. The molecule has 0 N–H and O–H groups in total. The zero-order valence-electron chi connectivity index (χ0n) is 7.64. The van der Waals surface area contributed by atoms with E-state index < -0.39 is 41.8 Å². The van der Waals surface area contributed by atoms with E-state index in [1.54, 1.807) is 0 Å². The molecule has 2 aliphatic rings. The van der Waals surface area contributed by atoms with Crippen LogP contribution in [0.4, 0.5) is 26.3 Å². The lowest BCUT2D eigenvalue weighted by Gasteiger charge is -2.29. The summed E-state index contributed by atoms with van der Waals surface area (Å²) in [7, 11) is 0. The van der Waals surface area contributed by atoms with Gasteiger partial charge in [0.15, 0.2) is 0 Å². The van der Waals surface area contributed by atoms with Crippen molar-refractivity contribution in [2.24, 2.45) is 23.7 Å². The predicted molar refractivity (Wildman–Crippen MR) is 40.2 cm³/mol. The summed E-state index contributed by atoms with van der Waals surface area (Å²) in [6.45, 7) is 0. The quantitative estimate of drug-likeness (QED) is 0.473. The van der Waals surface area contributed by atoms with E-state index in [0.29, 0.717) is 0 Å². The Bertz CT molecular complexity index is 320. The molecule has 1 nitrogen and oxygen atoms in total. The summed E-state index contributed by atoms with van der Waals surface area (Å²) >= 11 is 0. The second kappa shape index (κ2) is 3.01. The number of alkyl halides is 6. The Morgan fingerprint density at radius 2 is 1.12 bits per heavy atom. The fourth-order valence-electron chi connectivity index (χ4n) is 2.51. The van der Waals surface area contributed by atoms with Gasteiger partial charge in [0.25, 0.3) is 0 Å². The number of hydrogen-bond donors (Lipinski definition) is 0. The Labute approximate surface area is 86.1 Å². The van der Waals surface area contributed by atoms with Crippen molar-refractivity contribution in [2.75, 3.05) is 0 Å². The van der Waals surface area contributed by atoms with Crippen LogP contribution >= 0.6 is 0 Å². The SMILES string of the molecule is O=C1C2C=CC1C(C(F)(F)F)C2C(F)(F)F. The minimum absolute atomic E-state index is 0.938. The highest BCUT2D eigenvalue weighted by molar-refractivity contribution is 5.92. The second-order valence-corrected chi connectivity index (χ2v) is 3.97. The molecule has 2 bridgehead atoms. The summed E-state index contributed by atoms with van der Waals surface area (Å²) in [5, 5.41) is 0. The fraction of sp³-hybridized carbons (Fsp3) is 0.667. The van der Waals surface area contributed by atoms with Crippen molar-refractivity contribution in [1.29, 1.82) is 0 Å². The van der Waals surface area contributed by atoms with E-state index in [0.717, 1.165) is 12.2 Å². The molecule has 0 aromatic heterocycles. The third kappa shape index (κ3) is 1.44. The van der Waals surface area contributed by atoms with Gasteiger partial charge in [-0.05, 0) is 0 Å². The smallest absolute Gasteiger partial charge is 0.298 e. The van der Waals surface area contributed by atoms with Gasteiger partial charge in [0.05, 0.1) is 11.8 Å². The molecule has 0 heterocycles. The molecule has 7 heteroatoms. The molecule has 0 aromatic carbocycles. The van der Waals surface area contributed by atoms with Gasteiger partial charge in [-0.1, -0.05) is 12.2 Å². The first-order chi connectivity index (χ1) is 7.14. The molecule has 1 saturated carbocycles. The number of Topliss-reactive ketones (excluding diaryl/α,β-unsaturated/α-hetero) is 1. The Morgan fingerprint density at radius 3 is 1.38 bits per heavy atom. The van der Waals surface area contributed by atoms with Crippen LogP contribution < -0.4 is 0 Å². The number of carbonyl (C=O) groups is 1. The van der Waals surface area contributed by atoms with Crippen LogP contribution in [0.2, 0.25) is 0 Å². The van der Waals surface area contributed by atoms with Gasteiger partial charge in [-0.3, -0.25) is 4.79 Å². The van der Waals surface area contributed by atoms with Gasteiger partial charge in [0.1, 0.15) is 5.78 Å². The van der Waals surface area contributed by atoms with E-state index >= 15 is 0 Å². The molecule has 0 aromatic rings. The number of hydrogen-bond acceptors (Lipinski definition) is 1. The second-order valence-electron chi connectivity index (χ2n) is 3.97. The average Bonchev–Trinajstić information content (AvgIpc) is 2.56. The van der Waals surface area contributed by atoms with Crippen LogP contribution in [0.15, 0.2) is 12.2 Å². The highest BCUT2D eigenvalue weighted by atomic mass is 19.4. The first-order valence-corrected chi connectivity index (χ1v) is 4.49. The molecule has 0 radical (unpaired) electrons. The number of ketones is 1. The number of carbonyl (C=O) groups excluding carboxylic acids is 1. The maximum absolute atomic E-state index is 12.5. The predicted octanol–water partition coefficient (Wildman–Crippen LogP) is 2.73. The van der Waals surface area contributed by atoms with Gasteiger partial charge in [0.2, 0.25) is 0 Å². The van der Waals surface area contributed by atoms with Gasteiger partial charge in [-0.25, -0.2) is 0 Å². The standard InChI is InChI=1S/C9H6F6O/c10-8(11,12)5-3-1-2-4(7(3)16)6(5)9(13,14)15/h1-6H. The highest BCUT2D eigenvalue weighted by Crippen LogP contribution is 2.57. The third-order valence-electron chi connectivity index (χ3n) is 3.10. The van der Waals surface area contributed by atoms with Crippen molar-refractivity contribution < 1.29 is 31.1 Å². The van der Waals surface area contributed by atoms with E-state index in [1.165, 1.54) is 0 Å². The van der Waals surface area contributed by atoms with E-state index in [2.05, 4.69) is 0 Å². The molecular formula is C9H6F6O. The Balaban J connectivity index is 2.44. The molecule has 4 atom stereocenters. The van der Waals surface area contributed by atoms with E-state index in [9.17, 15) is 31.1 Å². The van der Waals surface area contributed by atoms with E-state index in [1.807, 2.05) is 0 Å². The number of halogens is 6. The molecule has 0 aliphatic heterocycles. The lowest BCUT2D eigenvalue weighted by molar-refractivity contribution is -0.256. The van der Waals surface area contributed by atoms with Crippen LogP contribution in [-0.2, 0) is 4.79 Å². The first-order valence-electron chi connectivity index (χ1n) is 4.49. The zero-order valence-corrected chi connectivity index (χ0v) is 7.64. The van der Waals surface area contributed by atoms with Crippen LogP contribution in [0.3, 0.4) is 0 Å². The van der Waals surface area contributed by atoms with Crippen molar-refractivity contribution in [2.45, 2.75) is 12.4 Å². The summed E-state index contributed by atoms with van der Waals surface area (Å²) in [6, 6.07) is 0. The van der Waals surface area contributed by atoms with Crippen LogP contribution in [0.5, 0.6) is 0 Å². The van der Waals surface area contributed by atoms with Gasteiger partial charge >= 0.3 is 12.4 Å². The van der Waals surface area contributed by atoms with Crippen molar-refractivity contribution in [3.8, 4) is 0 Å². The van der Waals surface area contributed by atoms with E-state index in [-0.39, 0.29) is 0 Å². The molecule has 16 heavy (non-hydrogen) atoms. The number of rotatable bonds is 0. The molecule has 90 valence electrons. The Morgan fingerprint density at radius 1 is 0.812 bits per heavy atom. The van der Waals surface area contributed by atoms with Gasteiger partial charge < -0.3 is 0 Å². The van der Waals surface area contributed by atoms with Crippen LogP contribution in [-0.4, -0.2) is 18.1 Å². The van der Waals surface area contributed by atoms with Crippen molar-refractivity contribution >= 4 is 5.78 Å². The fourth-order valence-corrected chi connectivity index (χ4v) is 2.51. The van der Waals surface area contributed by atoms with Gasteiger partial charge in [0, 0.05) is 11.8 Å². The molecule has 1 fully saturated rings.